The third-order valence-corrected chi connectivity index (χ3v) is 2.21. The molecule has 0 aromatic heterocycles. The summed E-state index contributed by atoms with van der Waals surface area (Å²) in [7, 11) is 0. The van der Waals surface area contributed by atoms with E-state index in [1.54, 1.807) is 5.57 Å². The minimum atomic E-state index is 0. The van der Waals surface area contributed by atoms with Crippen LogP contribution in [0.5, 0.6) is 0 Å². The SMILES string of the molecule is C1=CCC2CC[CH-]C2=C1.[I-].[I-].[Zr+3]. The number of hydrogen-bond acceptors (Lipinski definition) is 0. The van der Waals surface area contributed by atoms with E-state index in [-0.39, 0.29) is 74.2 Å². The van der Waals surface area contributed by atoms with Crippen molar-refractivity contribution in [2.45, 2.75) is 19.3 Å². The Morgan fingerprint density at radius 2 is 2.08 bits per heavy atom. The number of rotatable bonds is 0. The van der Waals surface area contributed by atoms with Crippen LogP contribution in [0.2, 0.25) is 0 Å². The van der Waals surface area contributed by atoms with E-state index in [0.717, 1.165) is 5.92 Å². The van der Waals surface area contributed by atoms with Crippen LogP contribution in [0.1, 0.15) is 19.3 Å². The Hall–Kier alpha value is 1.69. The normalized spacial score (nSPS) is 23.3. The number of fused-ring (bicyclic) bond motifs is 1. The van der Waals surface area contributed by atoms with Crippen molar-refractivity contribution in [3.05, 3.63) is 30.2 Å². The van der Waals surface area contributed by atoms with Crippen LogP contribution in [0, 0.1) is 12.3 Å². The molecule has 0 aromatic carbocycles. The molecule has 3 heteroatoms. The molecule has 0 amide bonds. The van der Waals surface area contributed by atoms with E-state index >= 15 is 0 Å². The van der Waals surface area contributed by atoms with Crippen LogP contribution in [0.4, 0.5) is 0 Å². The van der Waals surface area contributed by atoms with Crippen LogP contribution in [-0.2, 0) is 26.2 Å². The van der Waals surface area contributed by atoms with Gasteiger partial charge in [0.05, 0.1) is 0 Å². The average molecular weight is 464 g/mol. The standard InChI is InChI=1S/C9H11.2HI.Zr/c1-2-5-9-7-3-6-8(9)4-1;;;/h1-2,4,6,9H,3,5,7H2;2*1H;/q-1;;;+3/p-2. The van der Waals surface area contributed by atoms with Gasteiger partial charge in [0.1, 0.15) is 0 Å². The molecule has 0 nitrogen and oxygen atoms in total. The van der Waals surface area contributed by atoms with Gasteiger partial charge in [-0.15, -0.1) is 18.6 Å². The van der Waals surface area contributed by atoms with Gasteiger partial charge in [0.2, 0.25) is 0 Å². The zero-order chi connectivity index (χ0) is 6.10. The first kappa shape index (κ1) is 16.1. The number of allylic oxidation sites excluding steroid dienone is 4. The summed E-state index contributed by atoms with van der Waals surface area (Å²) in [4.78, 5) is 0. The van der Waals surface area contributed by atoms with Crippen molar-refractivity contribution in [2.24, 2.45) is 5.92 Å². The molecule has 0 heterocycles. The van der Waals surface area contributed by atoms with Crippen LogP contribution in [0.15, 0.2) is 23.8 Å². The topological polar surface area (TPSA) is 0 Å². The second kappa shape index (κ2) is 8.04. The molecule has 65 valence electrons. The van der Waals surface area contributed by atoms with Crippen LogP contribution in [0.3, 0.4) is 0 Å². The molecule has 2 aliphatic carbocycles. The van der Waals surface area contributed by atoms with E-state index in [4.69, 9.17) is 0 Å². The van der Waals surface area contributed by atoms with Gasteiger partial charge in [0, 0.05) is 0 Å². The van der Waals surface area contributed by atoms with Crippen LogP contribution >= 0.6 is 0 Å². The zero-order valence-electron chi connectivity index (χ0n) is 6.76. The minimum absolute atomic E-state index is 0. The summed E-state index contributed by atoms with van der Waals surface area (Å²) in [6, 6.07) is 0. The first-order chi connectivity index (χ1) is 4.47. The van der Waals surface area contributed by atoms with Gasteiger partial charge in [-0.25, -0.2) is 18.1 Å². The van der Waals surface area contributed by atoms with Crippen LogP contribution < -0.4 is 48.0 Å². The van der Waals surface area contributed by atoms with Crippen molar-refractivity contribution in [1.29, 1.82) is 0 Å². The molecule has 0 aliphatic heterocycles. The molecule has 12 heavy (non-hydrogen) atoms. The first-order valence-electron chi connectivity index (χ1n) is 3.67. The van der Waals surface area contributed by atoms with Crippen molar-refractivity contribution in [2.75, 3.05) is 0 Å². The Kier molecular flexibility index (Phi) is 10.8. The van der Waals surface area contributed by atoms with Crippen molar-refractivity contribution in [3.63, 3.8) is 0 Å². The number of halogens is 2. The largest absolute Gasteiger partial charge is 3.00 e. The molecule has 2 aliphatic rings. The van der Waals surface area contributed by atoms with Crippen LogP contribution in [0.25, 0.3) is 0 Å². The van der Waals surface area contributed by atoms with E-state index in [2.05, 4.69) is 24.6 Å². The molecular weight excluding hydrogens is 453 g/mol. The van der Waals surface area contributed by atoms with Crippen molar-refractivity contribution in [1.82, 2.24) is 0 Å². The third-order valence-electron chi connectivity index (χ3n) is 2.21. The van der Waals surface area contributed by atoms with Crippen LogP contribution in [-0.4, -0.2) is 0 Å². The summed E-state index contributed by atoms with van der Waals surface area (Å²) >= 11 is 0. The molecule has 0 aromatic rings. The fraction of sp³-hybridized carbons (Fsp3) is 0.444. The summed E-state index contributed by atoms with van der Waals surface area (Å²) in [5.74, 6) is 0.884. The maximum atomic E-state index is 2.37. The van der Waals surface area contributed by atoms with E-state index in [1.165, 1.54) is 19.3 Å². The van der Waals surface area contributed by atoms with Crippen molar-refractivity contribution in [3.8, 4) is 0 Å². The maximum absolute atomic E-state index is 2.37. The van der Waals surface area contributed by atoms with Gasteiger partial charge in [0.25, 0.3) is 0 Å². The van der Waals surface area contributed by atoms with E-state index in [1.807, 2.05) is 0 Å². The van der Waals surface area contributed by atoms with Gasteiger partial charge in [-0.2, -0.15) is 0 Å². The Balaban J connectivity index is 0. The summed E-state index contributed by atoms with van der Waals surface area (Å²) in [6.07, 6.45) is 13.0. The average Bonchev–Trinajstić information content (AvgIpc) is 2.33. The molecular formula is C9H11I2Zr. The van der Waals surface area contributed by atoms with Gasteiger partial charge < -0.3 is 48.0 Å². The summed E-state index contributed by atoms with van der Waals surface area (Å²) < 4.78 is 0. The van der Waals surface area contributed by atoms with Gasteiger partial charge >= 0.3 is 26.2 Å². The second-order valence-electron chi connectivity index (χ2n) is 2.81. The molecule has 1 unspecified atom stereocenters. The summed E-state index contributed by atoms with van der Waals surface area (Å²) in [6.45, 7) is 0. The quantitative estimate of drug-likeness (QED) is 0.258. The van der Waals surface area contributed by atoms with Gasteiger partial charge in [-0.05, 0) is 12.3 Å². The zero-order valence-corrected chi connectivity index (χ0v) is 13.5. The fourth-order valence-electron chi connectivity index (χ4n) is 1.66. The smallest absolute Gasteiger partial charge is 1.00 e. The molecule has 0 N–H and O–H groups in total. The molecule has 2 rings (SSSR count). The van der Waals surface area contributed by atoms with Gasteiger partial charge in [-0.3, -0.25) is 0 Å². The fourth-order valence-corrected chi connectivity index (χ4v) is 1.66. The number of hydrogen-bond donors (Lipinski definition) is 0. The second-order valence-corrected chi connectivity index (χ2v) is 2.81. The van der Waals surface area contributed by atoms with E-state index in [0.29, 0.717) is 0 Å². The predicted octanol–water partition coefficient (Wildman–Crippen LogP) is -3.51. The summed E-state index contributed by atoms with van der Waals surface area (Å²) in [5, 5.41) is 0. The third kappa shape index (κ3) is 3.83. The Bertz CT molecular complexity index is 175. The first-order valence-corrected chi connectivity index (χ1v) is 3.67. The molecule has 1 radical (unpaired) electrons. The molecule has 0 saturated heterocycles. The maximum Gasteiger partial charge on any atom is 3.00 e. The summed E-state index contributed by atoms with van der Waals surface area (Å²) in [5.41, 5.74) is 1.58. The Morgan fingerprint density at radius 3 is 2.75 bits per heavy atom. The molecule has 1 atom stereocenters. The monoisotopic (exact) mass is 463 g/mol. The Labute approximate surface area is 128 Å². The predicted molar refractivity (Wildman–Crippen MR) is 38.9 cm³/mol. The molecule has 0 bridgehead atoms. The van der Waals surface area contributed by atoms with E-state index in [9.17, 15) is 0 Å². The Morgan fingerprint density at radius 1 is 1.33 bits per heavy atom. The van der Waals surface area contributed by atoms with E-state index < -0.39 is 0 Å². The van der Waals surface area contributed by atoms with Crippen molar-refractivity contribution < 1.29 is 74.2 Å². The van der Waals surface area contributed by atoms with Gasteiger partial charge in [-0.1, -0.05) is 6.42 Å². The minimum Gasteiger partial charge on any atom is -1.00 e. The van der Waals surface area contributed by atoms with Gasteiger partial charge in [0.15, 0.2) is 0 Å². The molecule has 1 saturated carbocycles. The van der Waals surface area contributed by atoms with Crippen molar-refractivity contribution >= 4 is 0 Å². The molecule has 1 fully saturated rings. The molecule has 0 spiro atoms.